The lowest BCUT2D eigenvalue weighted by Crippen LogP contribution is -2.13. The molecular formula is C107H131ClN8O5. The number of unbranched alkanes of at least 4 members (excludes halogenated alkanes) is 11. The minimum Gasteiger partial charge on any atom is -0.494 e. The number of azo groups is 4. The number of hydrogen-bond donors (Lipinski definition) is 0. The number of ether oxygens (including phenoxy) is 3. The number of allylic oxidation sites excluding steroid dienone is 1. The molecule has 0 radical (unpaired) electrons. The van der Waals surface area contributed by atoms with Crippen LogP contribution in [0.3, 0.4) is 0 Å². The van der Waals surface area contributed by atoms with E-state index in [2.05, 4.69) is 196 Å². The van der Waals surface area contributed by atoms with Crippen molar-refractivity contribution >= 4 is 68.3 Å². The van der Waals surface area contributed by atoms with Gasteiger partial charge in [0.2, 0.25) is 5.24 Å². The molecule has 2 aliphatic rings. The zero-order valence-corrected chi connectivity index (χ0v) is 71.4. The second-order valence-corrected chi connectivity index (χ2v) is 32.2. The third-order valence-corrected chi connectivity index (χ3v) is 22.7. The van der Waals surface area contributed by atoms with Crippen molar-refractivity contribution in [3.05, 3.63) is 301 Å². The van der Waals surface area contributed by atoms with Gasteiger partial charge >= 0.3 is 5.97 Å². The van der Waals surface area contributed by atoms with Crippen molar-refractivity contribution in [3.8, 4) is 33.8 Å². The Labute approximate surface area is 728 Å². The van der Waals surface area contributed by atoms with Crippen LogP contribution in [0.4, 0.5) is 45.5 Å². The fourth-order valence-corrected chi connectivity index (χ4v) is 15.1. The highest BCUT2D eigenvalue weighted by molar-refractivity contribution is 6.66. The molecule has 10 aromatic rings. The molecule has 10 aromatic carbocycles. The molecule has 0 spiro atoms. The fourth-order valence-electron chi connectivity index (χ4n) is 15.1. The molecule has 12 rings (SSSR count). The van der Waals surface area contributed by atoms with Crippen LogP contribution in [0.15, 0.2) is 309 Å². The summed E-state index contributed by atoms with van der Waals surface area (Å²) in [6.07, 6.45) is 37.4. The molecule has 14 heteroatoms. The molecule has 0 amide bonds. The van der Waals surface area contributed by atoms with Gasteiger partial charge < -0.3 is 14.2 Å². The molecule has 13 nitrogen and oxygen atoms in total. The molecule has 0 aliphatic heterocycles. The first-order chi connectivity index (χ1) is 58.4. The van der Waals surface area contributed by atoms with Gasteiger partial charge in [-0.25, -0.2) is 4.79 Å². The van der Waals surface area contributed by atoms with Crippen LogP contribution in [0.25, 0.3) is 22.3 Å². The van der Waals surface area contributed by atoms with Crippen molar-refractivity contribution < 1.29 is 23.8 Å². The Morgan fingerprint density at radius 1 is 0.331 bits per heavy atom. The Hall–Kier alpha value is -10.9. The molecule has 636 valence electrons. The molecule has 0 unspecified atom stereocenters. The SMILES string of the molecule is C.C.C=CC(=O)Cl.C=CC(=O)OCCCCCCC1CCC(c2ccc(-c3ccc(CCCCCCOc4ccc(N=Nc5ccc(N=Nc6ccc(CCCC)cc6)cc5)cc4)cc3)cc2)CC1.CCCCc1ccc(N=Nc2ccc(N=Nc3ccc(OCCCCCCc4ccc(-c5ccc(C6CCC(C)CC6)cc5)cc4)cc3)cc2)cc1. The van der Waals surface area contributed by atoms with Crippen LogP contribution in [0.2, 0.25) is 0 Å². The highest BCUT2D eigenvalue weighted by Crippen LogP contribution is 2.40. The summed E-state index contributed by atoms with van der Waals surface area (Å²) in [5.74, 6) is 4.60. The number of carbonyl (C=O) groups is 2. The second-order valence-electron chi connectivity index (χ2n) is 31.8. The zero-order valence-electron chi connectivity index (χ0n) is 70.6. The van der Waals surface area contributed by atoms with Gasteiger partial charge in [0.25, 0.3) is 0 Å². The third kappa shape index (κ3) is 35.8. The van der Waals surface area contributed by atoms with Gasteiger partial charge in [-0.1, -0.05) is 247 Å². The van der Waals surface area contributed by atoms with Gasteiger partial charge in [-0.15, -0.1) is 0 Å². The van der Waals surface area contributed by atoms with Crippen molar-refractivity contribution in [2.45, 2.75) is 234 Å². The highest BCUT2D eigenvalue weighted by Gasteiger charge is 2.23. The number of aryl methyl sites for hydroxylation is 4. The van der Waals surface area contributed by atoms with E-state index < -0.39 is 5.24 Å². The molecule has 2 fully saturated rings. The second kappa shape index (κ2) is 55.1. The maximum atomic E-state index is 11.1. The maximum absolute atomic E-state index is 11.1. The van der Waals surface area contributed by atoms with Crippen LogP contribution < -0.4 is 9.47 Å². The quantitative estimate of drug-likeness (QED) is 0.0122. The number of rotatable bonds is 43. The summed E-state index contributed by atoms with van der Waals surface area (Å²) in [7, 11) is 0. The van der Waals surface area contributed by atoms with E-state index >= 15 is 0 Å². The highest BCUT2D eigenvalue weighted by atomic mass is 35.5. The standard InChI is InChI=1S/C55H66N4O3.C47H54N4O.C3H3ClO.2CH4/c1-3-5-14-43-21-31-50(32-22-43)56-57-51-33-35-52(36-34-51)58-59-53-37-39-54(40-38-53)61-41-12-8-6-10-15-44-17-23-46(24-18-44)48-27-29-49(30-28-48)47-25-19-45(20-26-47)16-11-7-9-13-42-62-55(60)4-2;1-3-4-9-37-15-25-43(26-16-37)48-49-44-27-29-45(30-28-44)50-51-46-31-33-47(34-32-46)52-35-8-6-5-7-10-38-13-19-40(20-14-38)42-23-21-41(22-24-42)39-17-11-36(2)12-18-39;1-2-3(4)5;;/h4,17-18,21-24,27-40,45,47H,2-3,5-16,19-20,25-26,41-42H2,1H3;13-16,19-34,36,39H,3-12,17-18,35H2,1-2H3;2H,1H2;2*1H4. The van der Waals surface area contributed by atoms with Gasteiger partial charge in [0.15, 0.2) is 0 Å². The predicted octanol–water partition coefficient (Wildman–Crippen LogP) is 33.9. The van der Waals surface area contributed by atoms with E-state index in [1.54, 1.807) is 0 Å². The van der Waals surface area contributed by atoms with Gasteiger partial charge in [-0.3, -0.25) is 4.79 Å². The van der Waals surface area contributed by atoms with Gasteiger partial charge in [0.1, 0.15) is 11.5 Å². The summed E-state index contributed by atoms with van der Waals surface area (Å²) in [6, 6.07) is 84.4. The molecule has 121 heavy (non-hydrogen) atoms. The number of esters is 1. The van der Waals surface area contributed by atoms with Crippen LogP contribution in [0.1, 0.15) is 241 Å². The number of hydrogen-bond acceptors (Lipinski definition) is 13. The summed E-state index contributed by atoms with van der Waals surface area (Å²) in [5.41, 5.74) is 20.1. The monoisotopic (exact) mass is 1640 g/mol. The van der Waals surface area contributed by atoms with Crippen LogP contribution in [0, 0.1) is 11.8 Å². The van der Waals surface area contributed by atoms with Crippen molar-refractivity contribution in [1.29, 1.82) is 0 Å². The summed E-state index contributed by atoms with van der Waals surface area (Å²) in [6.45, 7) is 15.3. The van der Waals surface area contributed by atoms with Gasteiger partial charge in [-0.05, 0) is 327 Å². The molecule has 0 saturated heterocycles. The number of carbonyl (C=O) groups excluding carboxylic acids is 2. The zero-order chi connectivity index (χ0) is 83.1. The predicted molar refractivity (Wildman–Crippen MR) is 506 cm³/mol. The van der Waals surface area contributed by atoms with E-state index in [0.717, 1.165) is 145 Å². The summed E-state index contributed by atoms with van der Waals surface area (Å²) in [4.78, 5) is 20.6. The minimum atomic E-state index is -0.509. The van der Waals surface area contributed by atoms with Gasteiger partial charge in [0, 0.05) is 6.08 Å². The van der Waals surface area contributed by atoms with Crippen LogP contribution in [0.5, 0.6) is 11.5 Å². The van der Waals surface area contributed by atoms with Crippen molar-refractivity contribution in [2.75, 3.05) is 19.8 Å². The lowest BCUT2D eigenvalue weighted by molar-refractivity contribution is -0.137. The Bertz CT molecular complexity index is 4690. The van der Waals surface area contributed by atoms with E-state index in [-0.39, 0.29) is 20.8 Å². The van der Waals surface area contributed by atoms with Crippen LogP contribution in [-0.4, -0.2) is 31.0 Å². The van der Waals surface area contributed by atoms with E-state index in [0.29, 0.717) is 19.1 Å². The fraction of sp³-hybridized carbons (Fsp3) is 0.383. The Kier molecular flexibility index (Phi) is 43.5. The smallest absolute Gasteiger partial charge is 0.330 e. The van der Waals surface area contributed by atoms with Crippen molar-refractivity contribution in [2.24, 2.45) is 52.7 Å². The van der Waals surface area contributed by atoms with E-state index in [1.165, 1.54) is 190 Å². The van der Waals surface area contributed by atoms with Gasteiger partial charge in [-0.2, -0.15) is 40.9 Å². The molecule has 0 heterocycles. The molecule has 0 aromatic heterocycles. The topological polar surface area (TPSA) is 161 Å². The normalized spacial score (nSPS) is 15.0. The summed E-state index contributed by atoms with van der Waals surface area (Å²) < 4.78 is 17.1. The first-order valence-corrected chi connectivity index (χ1v) is 44.3. The number of benzene rings is 10. The molecule has 2 saturated carbocycles. The van der Waals surface area contributed by atoms with E-state index in [4.69, 9.17) is 25.8 Å². The average Bonchev–Trinajstić information content (AvgIpc) is 0.724. The molecule has 0 bridgehead atoms. The molecule has 2 aliphatic carbocycles. The lowest BCUT2D eigenvalue weighted by Gasteiger charge is -2.29. The van der Waals surface area contributed by atoms with Crippen LogP contribution >= 0.6 is 11.6 Å². The molecular weight excluding hydrogens is 1510 g/mol. The Morgan fingerprint density at radius 2 is 0.595 bits per heavy atom. The van der Waals surface area contributed by atoms with E-state index in [1.807, 2.05) is 121 Å². The summed E-state index contributed by atoms with van der Waals surface area (Å²) in [5, 5.41) is 34.5. The number of halogens is 1. The molecule has 0 atom stereocenters. The van der Waals surface area contributed by atoms with Gasteiger partial charge in [0.05, 0.1) is 65.3 Å². The lowest BCUT2D eigenvalue weighted by atomic mass is 9.77. The first kappa shape index (κ1) is 95.6. The summed E-state index contributed by atoms with van der Waals surface area (Å²) >= 11 is 4.71. The van der Waals surface area contributed by atoms with Crippen LogP contribution in [-0.2, 0) is 40.0 Å². The van der Waals surface area contributed by atoms with Crippen molar-refractivity contribution in [1.82, 2.24) is 0 Å². The number of nitrogens with zero attached hydrogens (tertiary/aromatic N) is 8. The maximum Gasteiger partial charge on any atom is 0.330 e. The van der Waals surface area contributed by atoms with Crippen molar-refractivity contribution in [3.63, 3.8) is 0 Å². The minimum absolute atomic E-state index is 0. The Balaban J connectivity index is 0.000000284. The molecule has 0 N–H and O–H groups in total. The first-order valence-electron chi connectivity index (χ1n) is 43.9. The van der Waals surface area contributed by atoms with E-state index in [9.17, 15) is 9.59 Å². The largest absolute Gasteiger partial charge is 0.494 e. The Morgan fingerprint density at radius 3 is 0.909 bits per heavy atom. The third-order valence-electron chi connectivity index (χ3n) is 22.5. The average molecular weight is 1640 g/mol.